The second-order valence-electron chi connectivity index (χ2n) is 6.39. The summed E-state index contributed by atoms with van der Waals surface area (Å²) in [6, 6.07) is 15.9. The summed E-state index contributed by atoms with van der Waals surface area (Å²) < 4.78 is 6.41. The highest BCUT2D eigenvalue weighted by Crippen LogP contribution is 2.32. The van der Waals surface area contributed by atoms with Crippen molar-refractivity contribution in [2.24, 2.45) is 0 Å². The number of nitrogens with zero attached hydrogens (tertiary/aromatic N) is 3. The number of hydrogen-bond donors (Lipinski definition) is 0. The monoisotopic (exact) mass is 411 g/mol. The molecule has 1 saturated heterocycles. The van der Waals surface area contributed by atoms with Crippen molar-refractivity contribution in [3.8, 4) is 11.4 Å². The molecule has 1 atom stereocenters. The molecule has 1 aliphatic rings. The topological polar surface area (TPSA) is 59.2 Å². The van der Waals surface area contributed by atoms with Gasteiger partial charge < -0.3 is 9.42 Å². The lowest BCUT2D eigenvalue weighted by molar-refractivity contribution is -0.117. The summed E-state index contributed by atoms with van der Waals surface area (Å²) >= 11 is 3.45. The van der Waals surface area contributed by atoms with E-state index in [0.717, 1.165) is 22.1 Å². The van der Waals surface area contributed by atoms with Crippen LogP contribution in [-0.4, -0.2) is 22.6 Å². The maximum Gasteiger partial charge on any atom is 0.232 e. The average molecular weight is 412 g/mol. The Labute approximate surface area is 160 Å². The molecule has 0 N–H and O–H groups in total. The zero-order chi connectivity index (χ0) is 18.1. The van der Waals surface area contributed by atoms with E-state index in [1.54, 1.807) is 4.90 Å². The fraction of sp³-hybridized carbons (Fsp3) is 0.250. The van der Waals surface area contributed by atoms with Crippen molar-refractivity contribution >= 4 is 27.5 Å². The van der Waals surface area contributed by atoms with Crippen molar-refractivity contribution in [1.82, 2.24) is 10.1 Å². The minimum Gasteiger partial charge on any atom is -0.339 e. The molecule has 0 spiro atoms. The summed E-state index contributed by atoms with van der Waals surface area (Å²) in [4.78, 5) is 18.8. The van der Waals surface area contributed by atoms with E-state index < -0.39 is 0 Å². The molecule has 1 aromatic heterocycles. The Balaban J connectivity index is 1.53. The number of hydrogen-bond acceptors (Lipinski definition) is 4. The molecule has 4 rings (SSSR count). The highest BCUT2D eigenvalue weighted by atomic mass is 79.9. The second kappa shape index (κ2) is 7.03. The van der Waals surface area contributed by atoms with Crippen LogP contribution < -0.4 is 4.90 Å². The predicted molar refractivity (Wildman–Crippen MR) is 103 cm³/mol. The Morgan fingerprint density at radius 2 is 2.04 bits per heavy atom. The number of benzene rings is 2. The minimum absolute atomic E-state index is 0.0817. The van der Waals surface area contributed by atoms with E-state index in [9.17, 15) is 4.79 Å². The molecule has 3 aromatic rings. The molecule has 0 radical (unpaired) electrons. The number of anilines is 1. The Kier molecular flexibility index (Phi) is 4.59. The van der Waals surface area contributed by atoms with Crippen LogP contribution in [0.15, 0.2) is 57.5 Å². The van der Waals surface area contributed by atoms with Crippen LogP contribution in [0.25, 0.3) is 11.4 Å². The van der Waals surface area contributed by atoms with Gasteiger partial charge in [0.2, 0.25) is 17.6 Å². The zero-order valence-electron chi connectivity index (χ0n) is 14.4. The molecule has 1 amide bonds. The van der Waals surface area contributed by atoms with Crippen LogP contribution in [0, 0.1) is 0 Å². The molecule has 0 aliphatic carbocycles. The molecule has 0 bridgehead atoms. The van der Waals surface area contributed by atoms with Crippen molar-refractivity contribution in [3.05, 3.63) is 64.5 Å². The van der Waals surface area contributed by atoms with Gasteiger partial charge in [-0.3, -0.25) is 4.79 Å². The summed E-state index contributed by atoms with van der Waals surface area (Å²) in [5, 5.41) is 4.08. The van der Waals surface area contributed by atoms with E-state index in [4.69, 9.17) is 4.52 Å². The highest BCUT2D eigenvalue weighted by molar-refractivity contribution is 9.10. The van der Waals surface area contributed by atoms with Crippen LogP contribution in [0.2, 0.25) is 0 Å². The van der Waals surface area contributed by atoms with Gasteiger partial charge in [0, 0.05) is 28.7 Å². The first-order valence-corrected chi connectivity index (χ1v) is 9.42. The molecule has 2 heterocycles. The smallest absolute Gasteiger partial charge is 0.232 e. The Morgan fingerprint density at radius 1 is 1.23 bits per heavy atom. The predicted octanol–water partition coefficient (Wildman–Crippen LogP) is 4.58. The maximum absolute atomic E-state index is 12.5. The fourth-order valence-corrected chi connectivity index (χ4v) is 3.58. The van der Waals surface area contributed by atoms with Crippen LogP contribution in [-0.2, 0) is 11.2 Å². The standard InChI is InChI=1S/C20H18BrN3O2/c1-2-13-6-8-17(9-7-13)24-12-15(11-18(24)25)20-22-19(23-26-20)14-4-3-5-16(21)10-14/h3-10,15H,2,11-12H2,1H3. The first kappa shape index (κ1) is 17.0. The third kappa shape index (κ3) is 3.29. The molecule has 1 aliphatic heterocycles. The van der Waals surface area contributed by atoms with Crippen molar-refractivity contribution in [3.63, 3.8) is 0 Å². The van der Waals surface area contributed by atoms with Crippen LogP contribution >= 0.6 is 15.9 Å². The molecule has 2 aromatic carbocycles. The lowest BCUT2D eigenvalue weighted by Gasteiger charge is -2.16. The van der Waals surface area contributed by atoms with Gasteiger partial charge in [0.05, 0.1) is 5.92 Å². The largest absolute Gasteiger partial charge is 0.339 e. The van der Waals surface area contributed by atoms with Crippen molar-refractivity contribution in [2.75, 3.05) is 11.4 Å². The number of carbonyl (C=O) groups is 1. The summed E-state index contributed by atoms with van der Waals surface area (Å²) in [6.07, 6.45) is 1.37. The minimum atomic E-state index is -0.0817. The number of amides is 1. The molecular weight excluding hydrogens is 394 g/mol. The van der Waals surface area contributed by atoms with E-state index >= 15 is 0 Å². The molecule has 1 unspecified atom stereocenters. The van der Waals surface area contributed by atoms with Gasteiger partial charge in [-0.25, -0.2) is 0 Å². The van der Waals surface area contributed by atoms with Crippen LogP contribution in [0.5, 0.6) is 0 Å². The average Bonchev–Trinajstić information content (AvgIpc) is 3.29. The van der Waals surface area contributed by atoms with Gasteiger partial charge in [-0.1, -0.05) is 52.3 Å². The molecule has 5 nitrogen and oxygen atoms in total. The Morgan fingerprint density at radius 3 is 2.77 bits per heavy atom. The van der Waals surface area contributed by atoms with Gasteiger partial charge in [0.25, 0.3) is 0 Å². The van der Waals surface area contributed by atoms with Gasteiger partial charge in [-0.15, -0.1) is 0 Å². The van der Waals surface area contributed by atoms with Crippen molar-refractivity contribution in [2.45, 2.75) is 25.7 Å². The molecular formula is C20H18BrN3O2. The summed E-state index contributed by atoms with van der Waals surface area (Å²) in [6.45, 7) is 2.68. The molecule has 1 fully saturated rings. The third-order valence-corrected chi connectivity index (χ3v) is 5.15. The molecule has 6 heteroatoms. The third-order valence-electron chi connectivity index (χ3n) is 4.66. The van der Waals surface area contributed by atoms with Gasteiger partial charge in [0.15, 0.2) is 0 Å². The highest BCUT2D eigenvalue weighted by Gasteiger charge is 2.35. The van der Waals surface area contributed by atoms with Crippen LogP contribution in [0.3, 0.4) is 0 Å². The van der Waals surface area contributed by atoms with Crippen LogP contribution in [0.1, 0.15) is 30.7 Å². The Hall–Kier alpha value is -2.47. The number of halogens is 1. The van der Waals surface area contributed by atoms with E-state index in [1.165, 1.54) is 5.56 Å². The Bertz CT molecular complexity index is 936. The lowest BCUT2D eigenvalue weighted by Crippen LogP contribution is -2.24. The number of aromatic nitrogens is 2. The van der Waals surface area contributed by atoms with Crippen molar-refractivity contribution < 1.29 is 9.32 Å². The van der Waals surface area contributed by atoms with Gasteiger partial charge in [-0.05, 0) is 36.2 Å². The SMILES string of the molecule is CCc1ccc(N2CC(c3nc(-c4cccc(Br)c4)no3)CC2=O)cc1. The second-order valence-corrected chi connectivity index (χ2v) is 7.31. The zero-order valence-corrected chi connectivity index (χ0v) is 15.9. The first-order valence-electron chi connectivity index (χ1n) is 8.63. The normalized spacial score (nSPS) is 17.1. The van der Waals surface area contributed by atoms with Gasteiger partial charge >= 0.3 is 0 Å². The number of carbonyl (C=O) groups excluding carboxylic acids is 1. The fourth-order valence-electron chi connectivity index (χ4n) is 3.18. The molecule has 0 saturated carbocycles. The van der Waals surface area contributed by atoms with Crippen LogP contribution in [0.4, 0.5) is 5.69 Å². The number of rotatable bonds is 4. The summed E-state index contributed by atoms with van der Waals surface area (Å²) in [5.41, 5.74) is 3.06. The molecule has 26 heavy (non-hydrogen) atoms. The van der Waals surface area contributed by atoms with E-state index in [-0.39, 0.29) is 11.8 Å². The quantitative estimate of drug-likeness (QED) is 0.630. The lowest BCUT2D eigenvalue weighted by atomic mass is 10.1. The van der Waals surface area contributed by atoms with E-state index in [2.05, 4.69) is 45.1 Å². The molecule has 132 valence electrons. The van der Waals surface area contributed by atoms with E-state index in [1.807, 2.05) is 36.4 Å². The number of aryl methyl sites for hydroxylation is 1. The van der Waals surface area contributed by atoms with E-state index in [0.29, 0.717) is 24.7 Å². The van der Waals surface area contributed by atoms with Crippen molar-refractivity contribution in [1.29, 1.82) is 0 Å². The maximum atomic E-state index is 12.5. The first-order chi connectivity index (χ1) is 12.6. The van der Waals surface area contributed by atoms with Gasteiger partial charge in [-0.2, -0.15) is 4.98 Å². The summed E-state index contributed by atoms with van der Waals surface area (Å²) in [5.74, 6) is 1.06. The van der Waals surface area contributed by atoms with Gasteiger partial charge in [0.1, 0.15) is 0 Å². The summed E-state index contributed by atoms with van der Waals surface area (Å²) in [7, 11) is 0.